The molecule has 15 heavy (non-hydrogen) atoms. The molecule has 0 saturated carbocycles. The van der Waals surface area contributed by atoms with Crippen LogP contribution >= 0.6 is 11.3 Å². The number of likely N-dealkylation sites (N-methyl/N-ethyl adjacent to an activating group) is 1. The zero-order chi connectivity index (χ0) is 11.3. The minimum absolute atomic E-state index is 0.941. The fourth-order valence-corrected chi connectivity index (χ4v) is 2.65. The van der Waals surface area contributed by atoms with Gasteiger partial charge in [-0.25, -0.2) is 0 Å². The van der Waals surface area contributed by atoms with E-state index in [0.717, 1.165) is 19.6 Å². The summed E-state index contributed by atoms with van der Waals surface area (Å²) in [4.78, 5) is 5.11. The first kappa shape index (κ1) is 12.4. The number of rotatable bonds is 6. The van der Waals surface area contributed by atoms with E-state index in [1.165, 1.54) is 15.3 Å². The van der Waals surface area contributed by atoms with E-state index in [0.29, 0.717) is 0 Å². The second-order valence-electron chi connectivity index (χ2n) is 3.81. The fraction of sp³-hybridized carbons (Fsp3) is 0.500. The van der Waals surface area contributed by atoms with Crippen molar-refractivity contribution in [2.24, 2.45) is 0 Å². The van der Waals surface area contributed by atoms with Crippen LogP contribution in [0.2, 0.25) is 0 Å². The molecular weight excluding hydrogens is 204 g/mol. The van der Waals surface area contributed by atoms with Crippen molar-refractivity contribution in [2.45, 2.75) is 20.0 Å². The van der Waals surface area contributed by atoms with Crippen LogP contribution in [0.3, 0.4) is 0 Å². The Labute approximate surface area is 96.6 Å². The highest BCUT2D eigenvalue weighted by Gasteiger charge is 2.06. The Morgan fingerprint density at radius 2 is 2.33 bits per heavy atom. The van der Waals surface area contributed by atoms with Crippen molar-refractivity contribution >= 4 is 11.3 Å². The Morgan fingerprint density at radius 3 is 2.93 bits per heavy atom. The Morgan fingerprint density at radius 1 is 1.60 bits per heavy atom. The topological polar surface area (TPSA) is 15.3 Å². The molecule has 3 heteroatoms. The summed E-state index contributed by atoms with van der Waals surface area (Å²) < 4.78 is 0. The minimum atomic E-state index is 0.941. The zero-order valence-corrected chi connectivity index (χ0v) is 10.7. The van der Waals surface area contributed by atoms with Crippen LogP contribution in [0.15, 0.2) is 18.7 Å². The molecular formula is C12H20N2S. The molecule has 0 aliphatic rings. The molecule has 0 aliphatic carbocycles. The molecule has 1 aromatic rings. The number of hydrogen-bond donors (Lipinski definition) is 1. The van der Waals surface area contributed by atoms with Gasteiger partial charge in [0.25, 0.3) is 0 Å². The van der Waals surface area contributed by atoms with Gasteiger partial charge in [-0.15, -0.1) is 17.9 Å². The minimum Gasteiger partial charge on any atom is -0.315 e. The van der Waals surface area contributed by atoms with Crippen LogP contribution < -0.4 is 5.32 Å². The van der Waals surface area contributed by atoms with Gasteiger partial charge >= 0.3 is 0 Å². The molecule has 0 atom stereocenters. The van der Waals surface area contributed by atoms with Crippen molar-refractivity contribution in [1.82, 2.24) is 10.2 Å². The smallest absolute Gasteiger partial charge is 0.0296 e. The first-order chi connectivity index (χ1) is 7.17. The molecule has 84 valence electrons. The van der Waals surface area contributed by atoms with E-state index < -0.39 is 0 Å². The highest BCUT2D eigenvalue weighted by atomic mass is 32.1. The molecule has 0 radical (unpaired) electrons. The van der Waals surface area contributed by atoms with Crippen LogP contribution in [0.5, 0.6) is 0 Å². The number of hydrogen-bond acceptors (Lipinski definition) is 3. The summed E-state index contributed by atoms with van der Waals surface area (Å²) >= 11 is 1.88. The molecule has 0 aromatic carbocycles. The van der Waals surface area contributed by atoms with Crippen LogP contribution in [0.4, 0.5) is 0 Å². The van der Waals surface area contributed by atoms with Crippen LogP contribution in [-0.4, -0.2) is 25.5 Å². The second-order valence-corrected chi connectivity index (χ2v) is 5.15. The van der Waals surface area contributed by atoms with Crippen molar-refractivity contribution in [1.29, 1.82) is 0 Å². The molecule has 0 amide bonds. The van der Waals surface area contributed by atoms with Gasteiger partial charge in [-0.1, -0.05) is 6.08 Å². The van der Waals surface area contributed by atoms with Crippen LogP contribution in [0.1, 0.15) is 15.3 Å². The monoisotopic (exact) mass is 224 g/mol. The number of thiophene rings is 1. The molecule has 1 aromatic heterocycles. The third-order valence-electron chi connectivity index (χ3n) is 2.30. The van der Waals surface area contributed by atoms with E-state index >= 15 is 0 Å². The highest BCUT2D eigenvalue weighted by Crippen LogP contribution is 2.22. The fourth-order valence-electron chi connectivity index (χ4n) is 1.58. The van der Waals surface area contributed by atoms with Gasteiger partial charge in [-0.3, -0.25) is 4.90 Å². The van der Waals surface area contributed by atoms with Gasteiger partial charge in [0, 0.05) is 29.4 Å². The van der Waals surface area contributed by atoms with E-state index in [1.807, 2.05) is 24.5 Å². The summed E-state index contributed by atoms with van der Waals surface area (Å²) in [6.07, 6.45) is 1.94. The Hall–Kier alpha value is -0.640. The summed E-state index contributed by atoms with van der Waals surface area (Å²) in [7, 11) is 4.11. The van der Waals surface area contributed by atoms with Gasteiger partial charge in [-0.05, 0) is 32.6 Å². The first-order valence-corrected chi connectivity index (χ1v) is 6.01. The maximum absolute atomic E-state index is 3.75. The normalized spacial score (nSPS) is 10.9. The predicted molar refractivity (Wildman–Crippen MR) is 68.4 cm³/mol. The van der Waals surface area contributed by atoms with E-state index in [-0.39, 0.29) is 0 Å². The summed E-state index contributed by atoms with van der Waals surface area (Å²) in [5.41, 5.74) is 1.44. The molecule has 0 fully saturated rings. The lowest BCUT2D eigenvalue weighted by Crippen LogP contribution is -2.17. The Kier molecular flexibility index (Phi) is 5.02. The van der Waals surface area contributed by atoms with E-state index in [2.05, 4.69) is 36.8 Å². The van der Waals surface area contributed by atoms with Crippen molar-refractivity contribution < 1.29 is 0 Å². The lowest BCUT2D eigenvalue weighted by atomic mass is 10.2. The van der Waals surface area contributed by atoms with Gasteiger partial charge in [0.2, 0.25) is 0 Å². The van der Waals surface area contributed by atoms with Crippen molar-refractivity contribution in [3.05, 3.63) is 34.0 Å². The molecule has 0 bridgehead atoms. The molecule has 0 aliphatic heterocycles. The summed E-state index contributed by atoms with van der Waals surface area (Å²) in [6, 6.07) is 2.30. The van der Waals surface area contributed by atoms with E-state index in [1.54, 1.807) is 0 Å². The van der Waals surface area contributed by atoms with Gasteiger partial charge < -0.3 is 5.32 Å². The quantitative estimate of drug-likeness (QED) is 0.746. The standard InChI is InChI=1S/C12H20N2S/c1-5-6-14(4)9-11-7-12(8-13-3)15-10(11)2/h5,7,13H,1,6,8-9H2,2-4H3. The first-order valence-electron chi connectivity index (χ1n) is 5.19. The summed E-state index contributed by atoms with van der Waals surface area (Å²) in [5.74, 6) is 0. The van der Waals surface area contributed by atoms with Gasteiger partial charge in [0.1, 0.15) is 0 Å². The maximum atomic E-state index is 3.75. The molecule has 0 spiro atoms. The number of aryl methyl sites for hydroxylation is 1. The van der Waals surface area contributed by atoms with Gasteiger partial charge in [0.15, 0.2) is 0 Å². The lowest BCUT2D eigenvalue weighted by Gasteiger charge is -2.13. The number of nitrogens with one attached hydrogen (secondary N) is 1. The van der Waals surface area contributed by atoms with Crippen molar-refractivity contribution in [3.63, 3.8) is 0 Å². The van der Waals surface area contributed by atoms with E-state index in [4.69, 9.17) is 0 Å². The summed E-state index contributed by atoms with van der Waals surface area (Å²) in [6.45, 7) is 8.87. The van der Waals surface area contributed by atoms with Gasteiger partial charge in [-0.2, -0.15) is 0 Å². The van der Waals surface area contributed by atoms with E-state index in [9.17, 15) is 0 Å². The molecule has 0 saturated heterocycles. The second kappa shape index (κ2) is 6.05. The molecule has 1 N–H and O–H groups in total. The zero-order valence-electron chi connectivity index (χ0n) is 9.84. The Bertz CT molecular complexity index is 317. The molecule has 1 heterocycles. The van der Waals surface area contributed by atoms with Crippen LogP contribution in [-0.2, 0) is 13.1 Å². The average molecular weight is 224 g/mol. The van der Waals surface area contributed by atoms with Crippen LogP contribution in [0, 0.1) is 6.92 Å². The van der Waals surface area contributed by atoms with Crippen molar-refractivity contribution in [3.8, 4) is 0 Å². The van der Waals surface area contributed by atoms with Crippen LogP contribution in [0.25, 0.3) is 0 Å². The SMILES string of the molecule is C=CCN(C)Cc1cc(CNC)sc1C. The predicted octanol–water partition coefficient (Wildman–Crippen LogP) is 2.39. The largest absolute Gasteiger partial charge is 0.315 e. The highest BCUT2D eigenvalue weighted by molar-refractivity contribution is 7.12. The Balaban J connectivity index is 2.63. The van der Waals surface area contributed by atoms with Gasteiger partial charge in [0.05, 0.1) is 0 Å². The third-order valence-corrected chi connectivity index (χ3v) is 3.40. The maximum Gasteiger partial charge on any atom is 0.0296 e. The molecule has 2 nitrogen and oxygen atoms in total. The third kappa shape index (κ3) is 3.78. The average Bonchev–Trinajstić information content (AvgIpc) is 2.48. The summed E-state index contributed by atoms with van der Waals surface area (Å²) in [5, 5.41) is 3.18. The molecule has 1 rings (SSSR count). The number of nitrogens with zero attached hydrogens (tertiary/aromatic N) is 1. The van der Waals surface area contributed by atoms with Crippen molar-refractivity contribution in [2.75, 3.05) is 20.6 Å². The molecule has 0 unspecified atom stereocenters. The lowest BCUT2D eigenvalue weighted by molar-refractivity contribution is 0.363.